The van der Waals surface area contributed by atoms with E-state index in [0.717, 1.165) is 12.1 Å². The van der Waals surface area contributed by atoms with Gasteiger partial charge in [-0.15, -0.1) is 0 Å². The number of rotatable bonds is 7. The first-order chi connectivity index (χ1) is 13.8. The number of hydrogen-bond acceptors (Lipinski definition) is 6. The van der Waals surface area contributed by atoms with Crippen molar-refractivity contribution in [1.82, 2.24) is 19.0 Å². The van der Waals surface area contributed by atoms with Crippen molar-refractivity contribution in [2.24, 2.45) is 0 Å². The van der Waals surface area contributed by atoms with Gasteiger partial charge in [-0.1, -0.05) is 6.07 Å². The number of aromatic nitrogens is 2. The van der Waals surface area contributed by atoms with Crippen molar-refractivity contribution in [1.29, 1.82) is 0 Å². The van der Waals surface area contributed by atoms with Crippen LogP contribution in [0.5, 0.6) is 11.5 Å². The summed E-state index contributed by atoms with van der Waals surface area (Å²) in [6.45, 7) is 9.21. The standard InChI is InChI=1S/C20H30N4O4S/c1-6-24-16(3)20(15(2)21-24)29(25,26)23-11-9-22(10-12-23)14-17-7-8-18(27-4)19(13-17)28-5/h7-8,13H,6,9-12,14H2,1-5H3. The third-order valence-corrected chi connectivity index (χ3v) is 7.55. The molecule has 1 aromatic heterocycles. The molecule has 0 bridgehead atoms. The highest BCUT2D eigenvalue weighted by atomic mass is 32.2. The van der Waals surface area contributed by atoms with Gasteiger partial charge >= 0.3 is 0 Å². The van der Waals surface area contributed by atoms with E-state index in [9.17, 15) is 8.42 Å². The minimum Gasteiger partial charge on any atom is -0.493 e. The van der Waals surface area contributed by atoms with Gasteiger partial charge in [0.2, 0.25) is 10.0 Å². The summed E-state index contributed by atoms with van der Waals surface area (Å²) in [5, 5.41) is 4.37. The summed E-state index contributed by atoms with van der Waals surface area (Å²) >= 11 is 0. The molecule has 9 heteroatoms. The van der Waals surface area contributed by atoms with Crippen LogP contribution in [0.25, 0.3) is 0 Å². The second-order valence-corrected chi connectivity index (χ2v) is 9.06. The van der Waals surface area contributed by atoms with Gasteiger partial charge in [0.25, 0.3) is 0 Å². The molecular weight excluding hydrogens is 392 g/mol. The fourth-order valence-corrected chi connectivity index (χ4v) is 5.65. The minimum atomic E-state index is -3.54. The van der Waals surface area contributed by atoms with Gasteiger partial charge < -0.3 is 9.47 Å². The van der Waals surface area contributed by atoms with E-state index in [4.69, 9.17) is 9.47 Å². The van der Waals surface area contributed by atoms with Crippen molar-refractivity contribution in [3.05, 3.63) is 35.2 Å². The van der Waals surface area contributed by atoms with Crippen LogP contribution in [-0.4, -0.2) is 67.8 Å². The molecule has 0 N–H and O–H groups in total. The van der Waals surface area contributed by atoms with Gasteiger partial charge in [0.1, 0.15) is 4.90 Å². The molecule has 0 spiro atoms. The lowest BCUT2D eigenvalue weighted by atomic mass is 10.1. The van der Waals surface area contributed by atoms with Crippen molar-refractivity contribution >= 4 is 10.0 Å². The minimum absolute atomic E-state index is 0.354. The van der Waals surface area contributed by atoms with Crippen LogP contribution in [0, 0.1) is 13.8 Å². The summed E-state index contributed by atoms with van der Waals surface area (Å²) in [7, 11) is -0.305. The van der Waals surface area contributed by atoms with Gasteiger partial charge in [-0.05, 0) is 38.5 Å². The van der Waals surface area contributed by atoms with E-state index >= 15 is 0 Å². The first-order valence-corrected chi connectivity index (χ1v) is 11.2. The average molecular weight is 423 g/mol. The van der Waals surface area contributed by atoms with Crippen molar-refractivity contribution < 1.29 is 17.9 Å². The summed E-state index contributed by atoms with van der Waals surface area (Å²) in [5.41, 5.74) is 2.38. The molecule has 160 valence electrons. The molecule has 0 saturated carbocycles. The molecule has 0 atom stereocenters. The number of methoxy groups -OCH3 is 2. The molecule has 29 heavy (non-hydrogen) atoms. The summed E-state index contributed by atoms with van der Waals surface area (Å²) < 4.78 is 40.4. The van der Waals surface area contributed by atoms with Gasteiger partial charge in [0.05, 0.1) is 25.6 Å². The van der Waals surface area contributed by atoms with Gasteiger partial charge in [-0.25, -0.2) is 8.42 Å². The molecule has 8 nitrogen and oxygen atoms in total. The fraction of sp³-hybridized carbons (Fsp3) is 0.550. The highest BCUT2D eigenvalue weighted by molar-refractivity contribution is 7.89. The number of piperazine rings is 1. The van der Waals surface area contributed by atoms with E-state index in [1.807, 2.05) is 32.0 Å². The monoisotopic (exact) mass is 422 g/mol. The SMILES string of the molecule is CCn1nc(C)c(S(=O)(=O)N2CCN(Cc3ccc(OC)c(OC)c3)CC2)c1C. The molecule has 1 aliphatic heterocycles. The number of hydrogen-bond donors (Lipinski definition) is 0. The first kappa shape index (κ1) is 21.6. The van der Waals surface area contributed by atoms with Crippen molar-refractivity contribution in [2.45, 2.75) is 38.8 Å². The molecule has 1 aliphatic rings. The lowest BCUT2D eigenvalue weighted by Gasteiger charge is -2.34. The summed E-state index contributed by atoms with van der Waals surface area (Å²) in [6.07, 6.45) is 0. The zero-order valence-electron chi connectivity index (χ0n) is 17.8. The number of aryl methyl sites for hydroxylation is 2. The van der Waals surface area contributed by atoms with Crippen LogP contribution < -0.4 is 9.47 Å². The van der Waals surface area contributed by atoms with Crippen LogP contribution in [0.3, 0.4) is 0 Å². The Balaban J connectivity index is 1.68. The third kappa shape index (κ3) is 4.26. The van der Waals surface area contributed by atoms with Crippen LogP contribution >= 0.6 is 0 Å². The lowest BCUT2D eigenvalue weighted by Crippen LogP contribution is -2.48. The van der Waals surface area contributed by atoms with Gasteiger partial charge in [0.15, 0.2) is 11.5 Å². The van der Waals surface area contributed by atoms with Crippen LogP contribution in [0.2, 0.25) is 0 Å². The molecule has 3 rings (SSSR count). The average Bonchev–Trinajstić information content (AvgIpc) is 3.02. The molecule has 1 aromatic carbocycles. The molecule has 0 aliphatic carbocycles. The maximum atomic E-state index is 13.2. The number of benzene rings is 1. The Hall–Kier alpha value is -2.10. The maximum Gasteiger partial charge on any atom is 0.246 e. The molecule has 0 radical (unpaired) electrons. The van der Waals surface area contributed by atoms with E-state index in [0.29, 0.717) is 60.5 Å². The highest BCUT2D eigenvalue weighted by Gasteiger charge is 2.33. The molecule has 1 saturated heterocycles. The normalized spacial score (nSPS) is 16.2. The third-order valence-electron chi connectivity index (χ3n) is 5.40. The Kier molecular flexibility index (Phi) is 6.50. The van der Waals surface area contributed by atoms with E-state index in [2.05, 4.69) is 10.00 Å². The Morgan fingerprint density at radius 1 is 1.03 bits per heavy atom. The Morgan fingerprint density at radius 2 is 1.69 bits per heavy atom. The zero-order chi connectivity index (χ0) is 21.2. The van der Waals surface area contributed by atoms with E-state index in [1.54, 1.807) is 30.1 Å². The maximum absolute atomic E-state index is 13.2. The lowest BCUT2D eigenvalue weighted by molar-refractivity contribution is 0.181. The topological polar surface area (TPSA) is 76.9 Å². The van der Waals surface area contributed by atoms with Crippen LogP contribution in [0.4, 0.5) is 0 Å². The quantitative estimate of drug-likeness (QED) is 0.680. The second kappa shape index (κ2) is 8.73. The van der Waals surface area contributed by atoms with Crippen LogP contribution in [0.15, 0.2) is 23.1 Å². The zero-order valence-corrected chi connectivity index (χ0v) is 18.6. The fourth-order valence-electron chi connectivity index (χ4n) is 3.86. The van der Waals surface area contributed by atoms with Crippen molar-refractivity contribution in [2.75, 3.05) is 40.4 Å². The highest BCUT2D eigenvalue weighted by Crippen LogP contribution is 2.29. The van der Waals surface area contributed by atoms with Crippen molar-refractivity contribution in [3.63, 3.8) is 0 Å². The predicted octanol–water partition coefficient (Wildman–Crippen LogP) is 2.04. The van der Waals surface area contributed by atoms with E-state index in [-0.39, 0.29) is 0 Å². The number of ether oxygens (including phenoxy) is 2. The van der Waals surface area contributed by atoms with E-state index in [1.165, 1.54) is 0 Å². The Bertz CT molecular complexity index is 963. The summed E-state index contributed by atoms with van der Waals surface area (Å²) in [6, 6.07) is 5.87. The molecule has 0 unspecified atom stereocenters. The van der Waals surface area contributed by atoms with Gasteiger partial charge in [-0.3, -0.25) is 9.58 Å². The summed E-state index contributed by atoms with van der Waals surface area (Å²) in [4.78, 5) is 2.61. The smallest absolute Gasteiger partial charge is 0.246 e. The second-order valence-electron chi connectivity index (χ2n) is 7.19. The molecule has 2 aromatic rings. The van der Waals surface area contributed by atoms with Gasteiger partial charge in [-0.2, -0.15) is 9.40 Å². The van der Waals surface area contributed by atoms with Crippen molar-refractivity contribution in [3.8, 4) is 11.5 Å². The summed E-state index contributed by atoms with van der Waals surface area (Å²) in [5.74, 6) is 1.40. The largest absolute Gasteiger partial charge is 0.493 e. The number of nitrogens with zero attached hydrogens (tertiary/aromatic N) is 4. The number of sulfonamides is 1. The molecule has 0 amide bonds. The molecular formula is C20H30N4O4S. The molecule has 2 heterocycles. The Morgan fingerprint density at radius 3 is 2.24 bits per heavy atom. The van der Waals surface area contributed by atoms with Gasteiger partial charge in [0, 0.05) is 39.3 Å². The van der Waals surface area contributed by atoms with Crippen LogP contribution in [-0.2, 0) is 23.1 Å². The first-order valence-electron chi connectivity index (χ1n) is 9.79. The van der Waals surface area contributed by atoms with Crippen LogP contribution in [0.1, 0.15) is 23.9 Å². The Labute approximate surface area is 173 Å². The predicted molar refractivity (Wildman–Crippen MR) is 111 cm³/mol. The molecule has 1 fully saturated rings. The van der Waals surface area contributed by atoms with E-state index < -0.39 is 10.0 Å².